The van der Waals surface area contributed by atoms with Crippen LogP contribution in [0.25, 0.3) is 16.7 Å². The van der Waals surface area contributed by atoms with Crippen molar-refractivity contribution in [3.63, 3.8) is 0 Å². The van der Waals surface area contributed by atoms with E-state index in [9.17, 15) is 0 Å². The van der Waals surface area contributed by atoms with Crippen LogP contribution in [0.3, 0.4) is 0 Å². The van der Waals surface area contributed by atoms with Gasteiger partial charge in [0.05, 0.1) is 30.9 Å². The van der Waals surface area contributed by atoms with E-state index in [1.165, 1.54) is 0 Å². The highest BCUT2D eigenvalue weighted by molar-refractivity contribution is 5.82. The Morgan fingerprint density at radius 1 is 1.00 bits per heavy atom. The molecule has 3 rings (SSSR count). The van der Waals surface area contributed by atoms with Crippen molar-refractivity contribution < 1.29 is 9.47 Å². The standard InChI is InChI=1S/C15H15N3O2/c1-19-11-5-3-4-10(8-11)18-14-7-6-12(20-2)9-13(14)17-15(18)16/h3-9H,1-2H3,(H2,16,17). The second kappa shape index (κ2) is 4.77. The largest absolute Gasteiger partial charge is 0.497 e. The van der Waals surface area contributed by atoms with Crippen molar-refractivity contribution in [2.45, 2.75) is 0 Å². The number of nitrogens with two attached hydrogens (primary N) is 1. The van der Waals surface area contributed by atoms with Gasteiger partial charge < -0.3 is 15.2 Å². The SMILES string of the molecule is COc1cccc(-n2c(N)nc3cc(OC)ccc32)c1. The van der Waals surface area contributed by atoms with Gasteiger partial charge in [-0.25, -0.2) is 4.98 Å². The second-order valence-electron chi connectivity index (χ2n) is 4.36. The van der Waals surface area contributed by atoms with Crippen molar-refractivity contribution >= 4 is 17.0 Å². The summed E-state index contributed by atoms with van der Waals surface area (Å²) in [4.78, 5) is 4.37. The maximum absolute atomic E-state index is 6.04. The summed E-state index contributed by atoms with van der Waals surface area (Å²) in [6.45, 7) is 0. The molecule has 20 heavy (non-hydrogen) atoms. The first-order valence-corrected chi connectivity index (χ1v) is 6.19. The quantitative estimate of drug-likeness (QED) is 0.794. The lowest BCUT2D eigenvalue weighted by atomic mass is 10.2. The predicted molar refractivity (Wildman–Crippen MR) is 78.6 cm³/mol. The number of methoxy groups -OCH3 is 2. The zero-order valence-electron chi connectivity index (χ0n) is 11.3. The van der Waals surface area contributed by atoms with Crippen LogP contribution < -0.4 is 15.2 Å². The predicted octanol–water partition coefficient (Wildman–Crippen LogP) is 2.62. The van der Waals surface area contributed by atoms with Gasteiger partial charge in [0.1, 0.15) is 11.5 Å². The van der Waals surface area contributed by atoms with Gasteiger partial charge in [-0.2, -0.15) is 0 Å². The van der Waals surface area contributed by atoms with Crippen molar-refractivity contribution in [3.05, 3.63) is 42.5 Å². The minimum Gasteiger partial charge on any atom is -0.497 e. The fraction of sp³-hybridized carbons (Fsp3) is 0.133. The fourth-order valence-electron chi connectivity index (χ4n) is 2.23. The molecule has 0 aliphatic rings. The third-order valence-corrected chi connectivity index (χ3v) is 3.20. The lowest BCUT2D eigenvalue weighted by Crippen LogP contribution is -2.00. The van der Waals surface area contributed by atoms with Crippen molar-refractivity contribution in [1.82, 2.24) is 9.55 Å². The molecular weight excluding hydrogens is 254 g/mol. The molecule has 0 saturated carbocycles. The highest BCUT2D eigenvalue weighted by Gasteiger charge is 2.11. The molecule has 0 saturated heterocycles. The van der Waals surface area contributed by atoms with E-state index in [0.717, 1.165) is 28.2 Å². The molecule has 3 aromatic rings. The Labute approximate surface area is 116 Å². The van der Waals surface area contributed by atoms with E-state index in [1.54, 1.807) is 14.2 Å². The van der Waals surface area contributed by atoms with Crippen LogP contribution in [0.15, 0.2) is 42.5 Å². The van der Waals surface area contributed by atoms with Gasteiger partial charge in [-0.05, 0) is 24.3 Å². The molecule has 2 N–H and O–H groups in total. The molecule has 0 unspecified atom stereocenters. The number of ether oxygens (including phenoxy) is 2. The van der Waals surface area contributed by atoms with Crippen LogP contribution in [0.1, 0.15) is 0 Å². The number of nitrogen functional groups attached to an aromatic ring is 1. The van der Waals surface area contributed by atoms with Gasteiger partial charge in [-0.1, -0.05) is 6.07 Å². The van der Waals surface area contributed by atoms with Crippen LogP contribution in [-0.2, 0) is 0 Å². The normalized spacial score (nSPS) is 10.7. The Hall–Kier alpha value is -2.69. The number of fused-ring (bicyclic) bond motifs is 1. The molecule has 0 radical (unpaired) electrons. The summed E-state index contributed by atoms with van der Waals surface area (Å²) >= 11 is 0. The second-order valence-corrected chi connectivity index (χ2v) is 4.36. The summed E-state index contributed by atoms with van der Waals surface area (Å²) in [5.74, 6) is 1.96. The molecule has 1 heterocycles. The average Bonchev–Trinajstić information content (AvgIpc) is 2.82. The first-order chi connectivity index (χ1) is 9.72. The Kier molecular flexibility index (Phi) is 2.95. The molecule has 0 spiro atoms. The molecule has 0 aliphatic carbocycles. The highest BCUT2D eigenvalue weighted by atomic mass is 16.5. The van der Waals surface area contributed by atoms with E-state index >= 15 is 0 Å². The van der Waals surface area contributed by atoms with Crippen molar-refractivity contribution in [2.24, 2.45) is 0 Å². The number of benzene rings is 2. The van der Waals surface area contributed by atoms with Crippen molar-refractivity contribution in [2.75, 3.05) is 20.0 Å². The van der Waals surface area contributed by atoms with Crippen LogP contribution in [0.4, 0.5) is 5.95 Å². The molecule has 0 atom stereocenters. The molecule has 102 valence electrons. The molecule has 0 fully saturated rings. The Balaban J connectivity index is 2.22. The first kappa shape index (κ1) is 12.3. The Bertz CT molecular complexity index is 765. The summed E-state index contributed by atoms with van der Waals surface area (Å²) in [6, 6.07) is 13.4. The van der Waals surface area contributed by atoms with E-state index in [1.807, 2.05) is 47.0 Å². The highest BCUT2D eigenvalue weighted by Crippen LogP contribution is 2.27. The minimum absolute atomic E-state index is 0.432. The van der Waals surface area contributed by atoms with E-state index < -0.39 is 0 Å². The molecule has 0 aliphatic heterocycles. The summed E-state index contributed by atoms with van der Waals surface area (Å²) in [5, 5.41) is 0. The molecule has 2 aromatic carbocycles. The summed E-state index contributed by atoms with van der Waals surface area (Å²) in [5.41, 5.74) is 8.67. The maximum Gasteiger partial charge on any atom is 0.205 e. The summed E-state index contributed by atoms with van der Waals surface area (Å²) in [6.07, 6.45) is 0. The van der Waals surface area contributed by atoms with E-state index in [-0.39, 0.29) is 0 Å². The van der Waals surface area contributed by atoms with Crippen LogP contribution in [-0.4, -0.2) is 23.8 Å². The monoisotopic (exact) mass is 269 g/mol. The minimum atomic E-state index is 0.432. The van der Waals surface area contributed by atoms with Gasteiger partial charge in [0.25, 0.3) is 0 Å². The number of rotatable bonds is 3. The smallest absolute Gasteiger partial charge is 0.205 e. The molecule has 1 aromatic heterocycles. The van der Waals surface area contributed by atoms with Crippen LogP contribution >= 0.6 is 0 Å². The zero-order valence-corrected chi connectivity index (χ0v) is 11.3. The number of aromatic nitrogens is 2. The Morgan fingerprint density at radius 2 is 1.75 bits per heavy atom. The fourth-order valence-corrected chi connectivity index (χ4v) is 2.23. The molecule has 0 bridgehead atoms. The maximum atomic E-state index is 6.04. The Morgan fingerprint density at radius 3 is 2.50 bits per heavy atom. The zero-order chi connectivity index (χ0) is 14.1. The number of anilines is 1. The lowest BCUT2D eigenvalue weighted by molar-refractivity contribution is 0.414. The average molecular weight is 269 g/mol. The van der Waals surface area contributed by atoms with Gasteiger partial charge >= 0.3 is 0 Å². The molecular formula is C15H15N3O2. The topological polar surface area (TPSA) is 62.3 Å². The van der Waals surface area contributed by atoms with Crippen LogP contribution in [0, 0.1) is 0 Å². The number of imidazole rings is 1. The number of hydrogen-bond acceptors (Lipinski definition) is 4. The van der Waals surface area contributed by atoms with E-state index in [4.69, 9.17) is 15.2 Å². The number of hydrogen-bond donors (Lipinski definition) is 1. The van der Waals surface area contributed by atoms with Gasteiger partial charge in [-0.15, -0.1) is 0 Å². The van der Waals surface area contributed by atoms with Gasteiger partial charge in [0, 0.05) is 12.1 Å². The van der Waals surface area contributed by atoms with Gasteiger partial charge in [0.15, 0.2) is 0 Å². The molecule has 0 amide bonds. The first-order valence-electron chi connectivity index (χ1n) is 6.19. The van der Waals surface area contributed by atoms with E-state index in [0.29, 0.717) is 5.95 Å². The summed E-state index contributed by atoms with van der Waals surface area (Å²) < 4.78 is 12.3. The third kappa shape index (κ3) is 1.93. The van der Waals surface area contributed by atoms with Crippen LogP contribution in [0.2, 0.25) is 0 Å². The summed E-state index contributed by atoms with van der Waals surface area (Å²) in [7, 11) is 3.27. The molecule has 5 nitrogen and oxygen atoms in total. The molecule has 5 heteroatoms. The van der Waals surface area contributed by atoms with E-state index in [2.05, 4.69) is 4.98 Å². The van der Waals surface area contributed by atoms with Crippen molar-refractivity contribution in [1.29, 1.82) is 0 Å². The van der Waals surface area contributed by atoms with Gasteiger partial charge in [-0.3, -0.25) is 4.57 Å². The third-order valence-electron chi connectivity index (χ3n) is 3.20. The number of nitrogens with zero attached hydrogens (tertiary/aromatic N) is 2. The van der Waals surface area contributed by atoms with Gasteiger partial charge in [0.2, 0.25) is 5.95 Å². The van der Waals surface area contributed by atoms with Crippen molar-refractivity contribution in [3.8, 4) is 17.2 Å². The van der Waals surface area contributed by atoms with Crippen LogP contribution in [0.5, 0.6) is 11.5 Å². The lowest BCUT2D eigenvalue weighted by Gasteiger charge is -2.08.